The summed E-state index contributed by atoms with van der Waals surface area (Å²) >= 11 is 5.19. The predicted octanol–water partition coefficient (Wildman–Crippen LogP) is 3.41. The molecule has 0 saturated heterocycles. The summed E-state index contributed by atoms with van der Waals surface area (Å²) in [7, 11) is 1.99. The van der Waals surface area contributed by atoms with Crippen molar-refractivity contribution in [2.45, 2.75) is 20.8 Å². The van der Waals surface area contributed by atoms with Crippen molar-refractivity contribution in [2.24, 2.45) is 5.73 Å². The fourth-order valence-corrected chi connectivity index (χ4v) is 2.67. The normalized spacial score (nSPS) is 10.4. The highest BCUT2D eigenvalue weighted by Gasteiger charge is 2.17. The molecule has 0 atom stereocenters. The lowest BCUT2D eigenvalue weighted by Gasteiger charge is -2.24. The molecule has 0 unspecified atom stereocenters. The van der Waals surface area contributed by atoms with Gasteiger partial charge in [0, 0.05) is 18.4 Å². The SMILES string of the molecule is Cc1cc(C)c(C(N)=S)c(N(C)c2ccccc2C)n1. The van der Waals surface area contributed by atoms with Crippen molar-refractivity contribution in [1.82, 2.24) is 4.98 Å². The van der Waals surface area contributed by atoms with E-state index in [-0.39, 0.29) is 0 Å². The van der Waals surface area contributed by atoms with Crippen molar-refractivity contribution in [1.29, 1.82) is 0 Å². The number of nitrogens with two attached hydrogens (primary N) is 1. The molecule has 2 rings (SSSR count). The molecule has 1 aromatic heterocycles. The zero-order chi connectivity index (χ0) is 14.9. The monoisotopic (exact) mass is 285 g/mol. The van der Waals surface area contributed by atoms with E-state index in [1.807, 2.05) is 44.0 Å². The van der Waals surface area contributed by atoms with Crippen LogP contribution >= 0.6 is 12.2 Å². The van der Waals surface area contributed by atoms with Crippen LogP contribution in [-0.4, -0.2) is 17.0 Å². The molecule has 2 N–H and O–H groups in total. The molecule has 0 amide bonds. The fourth-order valence-electron chi connectivity index (χ4n) is 2.42. The van der Waals surface area contributed by atoms with E-state index in [1.165, 1.54) is 5.56 Å². The molecule has 0 aliphatic rings. The average molecular weight is 285 g/mol. The summed E-state index contributed by atoms with van der Waals surface area (Å²) in [5.74, 6) is 0.810. The lowest BCUT2D eigenvalue weighted by Crippen LogP contribution is -2.21. The number of benzene rings is 1. The minimum Gasteiger partial charge on any atom is -0.389 e. The van der Waals surface area contributed by atoms with E-state index in [9.17, 15) is 0 Å². The lowest BCUT2D eigenvalue weighted by atomic mass is 10.1. The number of hydrogen-bond donors (Lipinski definition) is 1. The van der Waals surface area contributed by atoms with Gasteiger partial charge in [-0.2, -0.15) is 0 Å². The quantitative estimate of drug-likeness (QED) is 0.878. The van der Waals surface area contributed by atoms with Crippen LogP contribution in [0.25, 0.3) is 0 Å². The summed E-state index contributed by atoms with van der Waals surface area (Å²) in [5.41, 5.74) is 11.0. The van der Waals surface area contributed by atoms with E-state index in [2.05, 4.69) is 24.0 Å². The molecule has 1 heterocycles. The van der Waals surface area contributed by atoms with E-state index in [1.54, 1.807) is 0 Å². The van der Waals surface area contributed by atoms with Crippen molar-refractivity contribution in [3.05, 3.63) is 52.7 Å². The number of aryl methyl sites for hydroxylation is 3. The number of pyridine rings is 1. The Morgan fingerprint density at radius 1 is 1.15 bits per heavy atom. The molecule has 3 nitrogen and oxygen atoms in total. The first-order valence-electron chi connectivity index (χ1n) is 6.49. The summed E-state index contributed by atoms with van der Waals surface area (Å²) < 4.78 is 0. The van der Waals surface area contributed by atoms with Crippen LogP contribution in [0.3, 0.4) is 0 Å². The smallest absolute Gasteiger partial charge is 0.143 e. The van der Waals surface area contributed by atoms with Crippen LogP contribution < -0.4 is 10.6 Å². The molecule has 0 saturated carbocycles. The Labute approximate surface area is 125 Å². The molecule has 0 fully saturated rings. The van der Waals surface area contributed by atoms with Gasteiger partial charge in [0.05, 0.1) is 5.56 Å². The minimum atomic E-state index is 0.380. The second kappa shape index (κ2) is 5.59. The number of anilines is 2. The maximum atomic E-state index is 5.88. The molecule has 0 aliphatic heterocycles. The van der Waals surface area contributed by atoms with Gasteiger partial charge in [0.2, 0.25) is 0 Å². The third-order valence-corrected chi connectivity index (χ3v) is 3.57. The zero-order valence-electron chi connectivity index (χ0n) is 12.3. The first-order valence-corrected chi connectivity index (χ1v) is 6.90. The van der Waals surface area contributed by atoms with Crippen molar-refractivity contribution in [2.75, 3.05) is 11.9 Å². The second-order valence-corrected chi connectivity index (χ2v) is 5.43. The van der Waals surface area contributed by atoms with E-state index in [0.29, 0.717) is 4.99 Å². The first-order chi connectivity index (χ1) is 9.41. The molecule has 0 radical (unpaired) electrons. The minimum absolute atomic E-state index is 0.380. The van der Waals surface area contributed by atoms with E-state index in [0.717, 1.165) is 28.3 Å². The van der Waals surface area contributed by atoms with Gasteiger partial charge >= 0.3 is 0 Å². The third kappa shape index (κ3) is 2.65. The van der Waals surface area contributed by atoms with Crippen LogP contribution in [0.5, 0.6) is 0 Å². The van der Waals surface area contributed by atoms with Crippen LogP contribution in [0.4, 0.5) is 11.5 Å². The Kier molecular flexibility index (Phi) is 4.04. The Hall–Kier alpha value is -1.94. The molecular weight excluding hydrogens is 266 g/mol. The van der Waals surface area contributed by atoms with Gasteiger partial charge in [0.15, 0.2) is 0 Å². The topological polar surface area (TPSA) is 42.1 Å². The summed E-state index contributed by atoms with van der Waals surface area (Å²) in [5, 5.41) is 0. The fraction of sp³-hybridized carbons (Fsp3) is 0.250. The maximum Gasteiger partial charge on any atom is 0.143 e. The van der Waals surface area contributed by atoms with Crippen LogP contribution in [0, 0.1) is 20.8 Å². The van der Waals surface area contributed by atoms with Gasteiger partial charge in [-0.05, 0) is 44.0 Å². The number of rotatable bonds is 3. The summed E-state index contributed by atoms with van der Waals surface area (Å²) in [4.78, 5) is 7.06. The molecule has 2 aromatic rings. The van der Waals surface area contributed by atoms with Crippen LogP contribution in [-0.2, 0) is 0 Å². The zero-order valence-corrected chi connectivity index (χ0v) is 13.1. The highest BCUT2D eigenvalue weighted by atomic mass is 32.1. The van der Waals surface area contributed by atoms with Crippen molar-refractivity contribution < 1.29 is 0 Å². The second-order valence-electron chi connectivity index (χ2n) is 4.99. The number of aromatic nitrogens is 1. The Balaban J connectivity index is 2.63. The molecule has 4 heteroatoms. The van der Waals surface area contributed by atoms with E-state index >= 15 is 0 Å². The number of hydrogen-bond acceptors (Lipinski definition) is 3. The van der Waals surface area contributed by atoms with Crippen LogP contribution in [0.15, 0.2) is 30.3 Å². The Morgan fingerprint density at radius 2 is 1.80 bits per heavy atom. The van der Waals surface area contributed by atoms with Gasteiger partial charge in [-0.3, -0.25) is 0 Å². The highest BCUT2D eigenvalue weighted by Crippen LogP contribution is 2.29. The van der Waals surface area contributed by atoms with E-state index in [4.69, 9.17) is 18.0 Å². The number of nitrogens with zero attached hydrogens (tertiary/aromatic N) is 2. The maximum absolute atomic E-state index is 5.88. The van der Waals surface area contributed by atoms with Gasteiger partial charge in [-0.15, -0.1) is 0 Å². The summed E-state index contributed by atoms with van der Waals surface area (Å²) in [6, 6.07) is 10.2. The van der Waals surface area contributed by atoms with Gasteiger partial charge in [-0.25, -0.2) is 4.98 Å². The molecule has 0 spiro atoms. The van der Waals surface area contributed by atoms with Gasteiger partial charge in [0.25, 0.3) is 0 Å². The number of thiocarbonyl (C=S) groups is 1. The Morgan fingerprint density at radius 3 is 2.40 bits per heavy atom. The molecule has 104 valence electrons. The number of para-hydroxylation sites is 1. The molecule has 0 aliphatic carbocycles. The highest BCUT2D eigenvalue weighted by molar-refractivity contribution is 7.80. The lowest BCUT2D eigenvalue weighted by molar-refractivity contribution is 1.07. The van der Waals surface area contributed by atoms with Crippen molar-refractivity contribution >= 4 is 28.7 Å². The van der Waals surface area contributed by atoms with Crippen molar-refractivity contribution in [3.8, 4) is 0 Å². The van der Waals surface area contributed by atoms with Gasteiger partial charge in [-0.1, -0.05) is 30.4 Å². The van der Waals surface area contributed by atoms with Crippen LogP contribution in [0.1, 0.15) is 22.4 Å². The van der Waals surface area contributed by atoms with Crippen molar-refractivity contribution in [3.63, 3.8) is 0 Å². The predicted molar refractivity (Wildman–Crippen MR) is 88.8 cm³/mol. The molecule has 1 aromatic carbocycles. The average Bonchev–Trinajstić information content (AvgIpc) is 2.37. The largest absolute Gasteiger partial charge is 0.389 e. The standard InChI is InChI=1S/C16H19N3S/c1-10-7-5-6-8-13(10)19(4)16-14(15(17)20)11(2)9-12(3)18-16/h5-9H,1-4H3,(H2,17,20). The molecular formula is C16H19N3S. The summed E-state index contributed by atoms with van der Waals surface area (Å²) in [6.07, 6.45) is 0. The molecule has 0 bridgehead atoms. The van der Waals surface area contributed by atoms with Crippen LogP contribution in [0.2, 0.25) is 0 Å². The van der Waals surface area contributed by atoms with E-state index < -0.39 is 0 Å². The van der Waals surface area contributed by atoms with Gasteiger partial charge in [0.1, 0.15) is 10.8 Å². The Bertz CT molecular complexity index is 665. The van der Waals surface area contributed by atoms with Gasteiger partial charge < -0.3 is 10.6 Å². The first kappa shape index (κ1) is 14.5. The molecule has 20 heavy (non-hydrogen) atoms. The summed E-state index contributed by atoms with van der Waals surface area (Å²) in [6.45, 7) is 6.07. The third-order valence-electron chi connectivity index (χ3n) is 3.37.